The summed E-state index contributed by atoms with van der Waals surface area (Å²) >= 11 is 0. The average Bonchev–Trinajstić information content (AvgIpc) is 2.75. The number of carbonyl (C=O) groups is 1. The molecule has 180 valence electrons. The fourth-order valence-electron chi connectivity index (χ4n) is 3.97. The van der Waals surface area contributed by atoms with E-state index in [1.165, 1.54) is 4.31 Å². The number of amides is 1. The molecule has 9 heteroatoms. The first-order chi connectivity index (χ1) is 15.5. The maximum atomic E-state index is 12.8. The van der Waals surface area contributed by atoms with Gasteiger partial charge in [0.1, 0.15) is 22.8 Å². The van der Waals surface area contributed by atoms with Gasteiger partial charge in [0.2, 0.25) is 15.9 Å². The van der Waals surface area contributed by atoms with Crippen molar-refractivity contribution in [2.24, 2.45) is 0 Å². The van der Waals surface area contributed by atoms with Crippen LogP contribution in [0.4, 0.5) is 5.69 Å². The maximum Gasteiger partial charge on any atom is 0.232 e. The number of sulfonamides is 1. The Balaban J connectivity index is 1.65. The minimum atomic E-state index is -3.50. The molecule has 0 aromatic heterocycles. The number of ether oxygens (including phenoxy) is 3. The summed E-state index contributed by atoms with van der Waals surface area (Å²) in [6, 6.07) is 12.1. The number of fused-ring (bicyclic) bond motifs is 1. The van der Waals surface area contributed by atoms with Crippen molar-refractivity contribution >= 4 is 21.6 Å². The number of carbonyl (C=O) groups excluding carboxylic acids is 1. The summed E-state index contributed by atoms with van der Waals surface area (Å²) in [5, 5.41) is 3.09. The average molecular weight is 477 g/mol. The van der Waals surface area contributed by atoms with E-state index in [-0.39, 0.29) is 24.9 Å². The molecular formula is C24H32N2O6S. The first kappa shape index (κ1) is 24.7. The lowest BCUT2D eigenvalue weighted by Gasteiger charge is -2.38. The van der Waals surface area contributed by atoms with Gasteiger partial charge in [-0.2, -0.15) is 0 Å². The summed E-state index contributed by atoms with van der Waals surface area (Å²) in [6.07, 6.45) is 2.34. The normalized spacial score (nSPS) is 16.8. The Kier molecular flexibility index (Phi) is 7.41. The molecule has 0 spiro atoms. The number of rotatable bonds is 9. The first-order valence-corrected chi connectivity index (χ1v) is 12.7. The SMILES string of the molecule is COc1ccc(N(CCCC(=O)N[C@H]2CC(C)(C)Oc3ccc(OC)cc32)S(C)(=O)=O)cc1. The lowest BCUT2D eigenvalue weighted by molar-refractivity contribution is -0.122. The molecular weight excluding hydrogens is 444 g/mol. The highest BCUT2D eigenvalue weighted by molar-refractivity contribution is 7.92. The van der Waals surface area contributed by atoms with E-state index in [0.29, 0.717) is 30.0 Å². The molecule has 1 aliphatic rings. The highest BCUT2D eigenvalue weighted by Crippen LogP contribution is 2.41. The Hall–Kier alpha value is -2.94. The molecule has 8 nitrogen and oxygen atoms in total. The zero-order chi connectivity index (χ0) is 24.2. The van der Waals surface area contributed by atoms with E-state index < -0.39 is 15.6 Å². The molecule has 0 unspecified atom stereocenters. The number of benzene rings is 2. The van der Waals surface area contributed by atoms with E-state index >= 15 is 0 Å². The van der Waals surface area contributed by atoms with Gasteiger partial charge in [-0.05, 0) is 62.7 Å². The quantitative estimate of drug-likeness (QED) is 0.594. The van der Waals surface area contributed by atoms with Crippen molar-refractivity contribution in [1.82, 2.24) is 5.32 Å². The van der Waals surface area contributed by atoms with Crippen LogP contribution in [0.2, 0.25) is 0 Å². The van der Waals surface area contributed by atoms with E-state index in [0.717, 1.165) is 17.6 Å². The number of nitrogens with one attached hydrogen (secondary N) is 1. The summed E-state index contributed by atoms with van der Waals surface area (Å²) in [6.45, 7) is 4.17. The Morgan fingerprint density at radius 1 is 1.12 bits per heavy atom. The molecule has 1 aliphatic heterocycles. The zero-order valence-corrected chi connectivity index (χ0v) is 20.6. The minimum Gasteiger partial charge on any atom is -0.497 e. The number of methoxy groups -OCH3 is 2. The lowest BCUT2D eigenvalue weighted by atomic mass is 9.89. The summed E-state index contributed by atoms with van der Waals surface area (Å²) < 4.78 is 42.5. The van der Waals surface area contributed by atoms with Gasteiger partial charge in [-0.15, -0.1) is 0 Å². The zero-order valence-electron chi connectivity index (χ0n) is 19.8. The van der Waals surface area contributed by atoms with Crippen LogP contribution in [0.3, 0.4) is 0 Å². The number of hydrogen-bond donors (Lipinski definition) is 1. The molecule has 2 aromatic carbocycles. The third-order valence-corrected chi connectivity index (χ3v) is 6.73. The van der Waals surface area contributed by atoms with E-state index in [2.05, 4.69) is 5.32 Å². The lowest BCUT2D eigenvalue weighted by Crippen LogP contribution is -2.41. The Morgan fingerprint density at radius 3 is 2.36 bits per heavy atom. The summed E-state index contributed by atoms with van der Waals surface area (Å²) in [7, 11) is -0.347. The summed E-state index contributed by atoms with van der Waals surface area (Å²) in [4.78, 5) is 12.8. The van der Waals surface area contributed by atoms with Crippen molar-refractivity contribution in [1.29, 1.82) is 0 Å². The Labute approximate surface area is 195 Å². The van der Waals surface area contributed by atoms with Crippen molar-refractivity contribution < 1.29 is 27.4 Å². The van der Waals surface area contributed by atoms with Gasteiger partial charge >= 0.3 is 0 Å². The van der Waals surface area contributed by atoms with E-state index in [1.54, 1.807) is 38.5 Å². The number of hydrogen-bond acceptors (Lipinski definition) is 6. The van der Waals surface area contributed by atoms with Gasteiger partial charge in [0, 0.05) is 24.9 Å². The molecule has 1 amide bonds. The first-order valence-electron chi connectivity index (χ1n) is 10.8. The van der Waals surface area contributed by atoms with Crippen LogP contribution in [0.25, 0.3) is 0 Å². The molecule has 1 atom stereocenters. The predicted molar refractivity (Wildman–Crippen MR) is 128 cm³/mol. The standard InChI is InChI=1S/C24H32N2O6S/c1-24(2)16-21(20-15-19(31-4)12-13-22(20)32-24)25-23(27)7-6-14-26(33(5,28)29)17-8-10-18(30-3)11-9-17/h8-13,15,21H,6-7,14,16H2,1-5H3,(H,25,27)/t21-/m0/s1. The number of anilines is 1. The molecule has 0 aliphatic carbocycles. The van der Waals surface area contributed by atoms with Gasteiger partial charge in [0.05, 0.1) is 32.2 Å². The van der Waals surface area contributed by atoms with E-state index in [4.69, 9.17) is 14.2 Å². The molecule has 33 heavy (non-hydrogen) atoms. The third-order valence-electron chi connectivity index (χ3n) is 5.54. The van der Waals surface area contributed by atoms with Crippen molar-refractivity contribution in [2.45, 2.75) is 44.8 Å². The molecule has 0 radical (unpaired) electrons. The molecule has 2 aromatic rings. The largest absolute Gasteiger partial charge is 0.497 e. The minimum absolute atomic E-state index is 0.144. The fraction of sp³-hybridized carbons (Fsp3) is 0.458. The second kappa shape index (κ2) is 9.91. The Bertz CT molecular complexity index is 1080. The van der Waals surface area contributed by atoms with Crippen LogP contribution in [0, 0.1) is 0 Å². The van der Waals surface area contributed by atoms with Gasteiger partial charge in [-0.25, -0.2) is 8.42 Å². The molecule has 0 fully saturated rings. The van der Waals surface area contributed by atoms with Crippen LogP contribution < -0.4 is 23.8 Å². The van der Waals surface area contributed by atoms with Crippen molar-refractivity contribution in [2.75, 3.05) is 31.3 Å². The molecule has 0 saturated heterocycles. The van der Waals surface area contributed by atoms with E-state index in [9.17, 15) is 13.2 Å². The van der Waals surface area contributed by atoms with Crippen LogP contribution in [-0.2, 0) is 14.8 Å². The van der Waals surface area contributed by atoms with Gasteiger partial charge in [0.15, 0.2) is 0 Å². The van der Waals surface area contributed by atoms with Crippen LogP contribution in [0.5, 0.6) is 17.2 Å². The van der Waals surface area contributed by atoms with Crippen molar-refractivity contribution in [3.8, 4) is 17.2 Å². The van der Waals surface area contributed by atoms with Gasteiger partial charge in [0.25, 0.3) is 0 Å². The van der Waals surface area contributed by atoms with Gasteiger partial charge in [-0.1, -0.05) is 0 Å². The predicted octanol–water partition coefficient (Wildman–Crippen LogP) is 3.67. The van der Waals surface area contributed by atoms with Gasteiger partial charge in [-0.3, -0.25) is 9.10 Å². The fourth-order valence-corrected chi connectivity index (χ4v) is 4.94. The molecule has 1 N–H and O–H groups in total. The highest BCUT2D eigenvalue weighted by Gasteiger charge is 2.34. The van der Waals surface area contributed by atoms with Crippen molar-refractivity contribution in [3.05, 3.63) is 48.0 Å². The molecule has 0 saturated carbocycles. The summed E-state index contributed by atoms with van der Waals surface area (Å²) in [5.41, 5.74) is 0.977. The highest BCUT2D eigenvalue weighted by atomic mass is 32.2. The Morgan fingerprint density at radius 2 is 1.76 bits per heavy atom. The monoisotopic (exact) mass is 476 g/mol. The molecule has 0 bridgehead atoms. The van der Waals surface area contributed by atoms with Crippen LogP contribution >= 0.6 is 0 Å². The maximum absolute atomic E-state index is 12.8. The second-order valence-electron chi connectivity index (χ2n) is 8.73. The van der Waals surface area contributed by atoms with Crippen LogP contribution in [-0.4, -0.2) is 46.9 Å². The smallest absolute Gasteiger partial charge is 0.232 e. The van der Waals surface area contributed by atoms with Crippen molar-refractivity contribution in [3.63, 3.8) is 0 Å². The number of nitrogens with zero attached hydrogens (tertiary/aromatic N) is 1. The van der Waals surface area contributed by atoms with Gasteiger partial charge < -0.3 is 19.5 Å². The topological polar surface area (TPSA) is 94.2 Å². The summed E-state index contributed by atoms with van der Waals surface area (Å²) in [5.74, 6) is 1.91. The van der Waals surface area contributed by atoms with Crippen LogP contribution in [0.1, 0.15) is 44.7 Å². The van der Waals surface area contributed by atoms with E-state index in [1.807, 2.05) is 32.0 Å². The second-order valence-corrected chi connectivity index (χ2v) is 10.6. The third kappa shape index (κ3) is 6.31. The molecule has 1 heterocycles. The van der Waals surface area contributed by atoms with Crippen LogP contribution in [0.15, 0.2) is 42.5 Å². The molecule has 3 rings (SSSR count).